The Hall–Kier alpha value is -3.24. The molecule has 0 spiro atoms. The van der Waals surface area contributed by atoms with Crippen LogP contribution in [-0.4, -0.2) is 96.0 Å². The third-order valence-corrected chi connectivity index (χ3v) is 11.6. The zero-order valence-electron chi connectivity index (χ0n) is 25.5. The maximum Gasteiger partial charge on any atom is 0.509 e. The van der Waals surface area contributed by atoms with E-state index in [-0.39, 0.29) is 23.4 Å². The SMILES string of the molecule is CC(C)OC(=O)OCSP1(=O)OC[C@@H]2C[C@@H](OP(=O)(O)OC[C@H]3O[C@@H](n4ccc(=O)[nH]c4=O)[C@H](F)[C@@H]3O1)[C@H](n1cnc3c(N)ncnc31)O2. The number of hydrogen-bond acceptors (Lipinski definition) is 18. The number of carbonyl (C=O) groups excluding carboxylic acids is 1. The van der Waals surface area contributed by atoms with Gasteiger partial charge in [0.05, 0.1) is 31.7 Å². The summed E-state index contributed by atoms with van der Waals surface area (Å²) in [5.74, 6) is -0.572. The molecule has 3 fully saturated rings. The lowest BCUT2D eigenvalue weighted by molar-refractivity contribution is -0.0640. The first-order chi connectivity index (χ1) is 23.2. The predicted octanol–water partition coefficient (Wildman–Crippen LogP) is 1.76. The van der Waals surface area contributed by atoms with Gasteiger partial charge in [0.2, 0.25) is 0 Å². The second-order valence-electron chi connectivity index (χ2n) is 11.0. The van der Waals surface area contributed by atoms with Crippen molar-refractivity contribution in [2.45, 2.75) is 69.4 Å². The van der Waals surface area contributed by atoms with Crippen molar-refractivity contribution < 1.29 is 60.3 Å². The van der Waals surface area contributed by atoms with E-state index in [1.807, 2.05) is 4.98 Å². The quantitative estimate of drug-likeness (QED) is 0.184. The van der Waals surface area contributed by atoms with E-state index in [1.165, 1.54) is 17.2 Å². The number of fused-ring (bicyclic) bond motifs is 4. The van der Waals surface area contributed by atoms with Crippen LogP contribution in [0.4, 0.5) is 15.0 Å². The number of nitrogens with zero attached hydrogens (tertiary/aromatic N) is 5. The van der Waals surface area contributed by atoms with Gasteiger partial charge in [0.25, 0.3) is 5.56 Å². The molecule has 4 N–H and O–H groups in total. The fourth-order valence-corrected chi connectivity index (χ4v) is 8.92. The van der Waals surface area contributed by atoms with Crippen LogP contribution in [0.15, 0.2) is 34.5 Å². The van der Waals surface area contributed by atoms with Crippen molar-refractivity contribution in [1.29, 1.82) is 0 Å². The largest absolute Gasteiger partial charge is 0.509 e. The van der Waals surface area contributed by atoms with Gasteiger partial charge in [0.15, 0.2) is 36.0 Å². The summed E-state index contributed by atoms with van der Waals surface area (Å²) < 4.78 is 89.3. The second kappa shape index (κ2) is 14.2. The first-order valence-corrected chi connectivity index (χ1v) is 19.1. The van der Waals surface area contributed by atoms with E-state index >= 15 is 4.39 Å². The van der Waals surface area contributed by atoms with E-state index in [0.29, 0.717) is 15.9 Å². The number of alkyl halides is 1. The summed E-state index contributed by atoms with van der Waals surface area (Å²) >= 11 is 0.364. The minimum atomic E-state index is -4.99. The Morgan fingerprint density at radius 2 is 1.94 bits per heavy atom. The third-order valence-electron chi connectivity index (χ3n) is 7.26. The molecule has 0 saturated carbocycles. The van der Waals surface area contributed by atoms with Gasteiger partial charge in [-0.05, 0) is 13.8 Å². The van der Waals surface area contributed by atoms with E-state index in [2.05, 4.69) is 15.0 Å². The number of anilines is 1. The van der Waals surface area contributed by atoms with Crippen LogP contribution in [0.25, 0.3) is 11.2 Å². The average molecular weight is 754 g/mol. The Morgan fingerprint density at radius 3 is 2.69 bits per heavy atom. The number of nitrogens with one attached hydrogen (secondary N) is 1. The lowest BCUT2D eigenvalue weighted by Crippen LogP contribution is -2.36. The average Bonchev–Trinajstić information content (AvgIpc) is 3.71. The zero-order valence-corrected chi connectivity index (χ0v) is 28.1. The minimum Gasteiger partial charge on any atom is -0.432 e. The Kier molecular flexibility index (Phi) is 10.3. The molecular weight excluding hydrogens is 723 g/mol. The van der Waals surface area contributed by atoms with Gasteiger partial charge in [-0.1, -0.05) is 0 Å². The molecule has 49 heavy (non-hydrogen) atoms. The van der Waals surface area contributed by atoms with Gasteiger partial charge >= 0.3 is 26.5 Å². The van der Waals surface area contributed by atoms with Crippen LogP contribution >= 0.6 is 26.0 Å². The molecule has 0 amide bonds. The van der Waals surface area contributed by atoms with Gasteiger partial charge < -0.3 is 29.6 Å². The van der Waals surface area contributed by atoms with Crippen molar-refractivity contribution in [3.63, 3.8) is 0 Å². The summed E-state index contributed by atoms with van der Waals surface area (Å²) in [4.78, 5) is 61.0. The van der Waals surface area contributed by atoms with Crippen LogP contribution in [0.3, 0.4) is 0 Å². The number of nitrogen functional groups attached to an aromatic ring is 1. The van der Waals surface area contributed by atoms with Gasteiger partial charge in [-0.3, -0.25) is 37.0 Å². The van der Waals surface area contributed by atoms with Crippen molar-refractivity contribution in [2.75, 3.05) is 24.9 Å². The number of halogens is 1. The maximum atomic E-state index is 16.1. The highest BCUT2D eigenvalue weighted by atomic mass is 32.7. The molecule has 0 aliphatic carbocycles. The molecule has 9 atom stereocenters. The monoisotopic (exact) mass is 753 g/mol. The Balaban J connectivity index is 1.31. The molecule has 6 heterocycles. The summed E-state index contributed by atoms with van der Waals surface area (Å²) in [6, 6.07) is 0.937. The molecule has 3 saturated heterocycles. The molecule has 0 aromatic carbocycles. The number of phosphoric ester groups is 1. The smallest absolute Gasteiger partial charge is 0.432 e. The van der Waals surface area contributed by atoms with Crippen molar-refractivity contribution in [3.05, 3.63) is 45.8 Å². The van der Waals surface area contributed by atoms with E-state index in [4.69, 9.17) is 42.8 Å². The Morgan fingerprint density at radius 1 is 1.14 bits per heavy atom. The molecule has 21 nitrogen and oxygen atoms in total. The van der Waals surface area contributed by atoms with Gasteiger partial charge in [-0.25, -0.2) is 38.1 Å². The van der Waals surface area contributed by atoms with Crippen LogP contribution in [0.1, 0.15) is 32.7 Å². The normalized spacial score (nSPS) is 33.8. The van der Waals surface area contributed by atoms with Crippen molar-refractivity contribution in [3.8, 4) is 0 Å². The lowest BCUT2D eigenvalue weighted by Gasteiger charge is -2.27. The number of nitrogens with two attached hydrogens (primary N) is 1. The van der Waals surface area contributed by atoms with E-state index in [9.17, 15) is 28.4 Å². The molecule has 3 aromatic heterocycles. The maximum absolute atomic E-state index is 16.1. The third kappa shape index (κ3) is 7.90. The van der Waals surface area contributed by atoms with Crippen molar-refractivity contribution in [1.82, 2.24) is 29.1 Å². The summed E-state index contributed by atoms with van der Waals surface area (Å²) in [7, 11) is -4.99. The second-order valence-corrected chi connectivity index (χ2v) is 16.4. The highest BCUT2D eigenvalue weighted by Gasteiger charge is 2.53. The number of imidazole rings is 1. The Bertz CT molecular complexity index is 1910. The van der Waals surface area contributed by atoms with Crippen LogP contribution < -0.4 is 17.0 Å². The van der Waals surface area contributed by atoms with Crippen molar-refractivity contribution >= 4 is 49.1 Å². The Labute approximate surface area is 278 Å². The number of phosphoric acid groups is 1. The number of rotatable bonds is 6. The van der Waals surface area contributed by atoms with Gasteiger partial charge in [0.1, 0.15) is 30.2 Å². The molecule has 3 aliphatic heterocycles. The minimum absolute atomic E-state index is 0.0618. The first-order valence-electron chi connectivity index (χ1n) is 14.5. The number of hydrogen-bond donors (Lipinski definition) is 3. The molecule has 2 bridgehead atoms. The van der Waals surface area contributed by atoms with E-state index in [1.54, 1.807) is 13.8 Å². The summed E-state index contributed by atoms with van der Waals surface area (Å²) in [6.07, 6.45) is -9.18. The van der Waals surface area contributed by atoms with Crippen LogP contribution in [0.2, 0.25) is 0 Å². The summed E-state index contributed by atoms with van der Waals surface area (Å²) in [6.45, 7) is -2.77. The highest BCUT2D eigenvalue weighted by molar-refractivity contribution is 8.55. The highest BCUT2D eigenvalue weighted by Crippen LogP contribution is 2.63. The van der Waals surface area contributed by atoms with Crippen LogP contribution in [0.5, 0.6) is 0 Å². The number of ether oxygens (including phenoxy) is 4. The number of aromatic nitrogens is 6. The molecular formula is C24H30FN7O14P2S. The predicted molar refractivity (Wildman–Crippen MR) is 163 cm³/mol. The zero-order chi connectivity index (χ0) is 35.1. The molecule has 3 aliphatic rings. The number of H-pyrrole nitrogens is 1. The molecule has 0 radical (unpaired) electrons. The number of carbonyl (C=O) groups is 1. The molecule has 6 rings (SSSR count). The fraction of sp³-hybridized carbons (Fsp3) is 0.583. The fourth-order valence-electron chi connectivity index (χ4n) is 5.18. The lowest BCUT2D eigenvalue weighted by atomic mass is 10.1. The molecule has 25 heteroatoms. The number of aromatic amines is 1. The van der Waals surface area contributed by atoms with Crippen molar-refractivity contribution in [2.24, 2.45) is 0 Å². The molecule has 3 aromatic rings. The first kappa shape index (κ1) is 35.6. The van der Waals surface area contributed by atoms with Gasteiger partial charge in [-0.15, -0.1) is 0 Å². The van der Waals surface area contributed by atoms with Crippen LogP contribution in [-0.2, 0) is 46.2 Å². The standard InChI is InChI=1S/C24H30FN7O14P2S/c1-11(2)42-24(35)39-10-49-48(38)41-6-12-5-13(21(43-12)32-9-29-17-19(26)27-8-28-20(17)32)45-47(36,37)40-7-14-18(46-48)16(25)22(44-14)31-4-3-15(33)30-23(31)34/h3-4,8-9,11-14,16,18,21-22H,5-7,10H2,1-2H3,(H,36,37)(H2,26,27,28)(H,30,33,34)/t12-,13+,14+,16+,18+,21+,22+,48?/m0/s1. The van der Waals surface area contributed by atoms with Crippen LogP contribution in [0, 0.1) is 0 Å². The molecule has 2 unspecified atom stereocenters. The van der Waals surface area contributed by atoms with Gasteiger partial charge in [0, 0.05) is 30.1 Å². The summed E-state index contributed by atoms with van der Waals surface area (Å²) in [5, 5.41) is 0. The summed E-state index contributed by atoms with van der Waals surface area (Å²) in [5.41, 5.74) is 4.51. The molecule has 268 valence electrons. The van der Waals surface area contributed by atoms with E-state index in [0.717, 1.165) is 12.3 Å². The topological polar surface area (TPSA) is 270 Å². The van der Waals surface area contributed by atoms with E-state index < -0.39 is 100 Å². The van der Waals surface area contributed by atoms with Gasteiger partial charge in [-0.2, -0.15) is 0 Å².